The van der Waals surface area contributed by atoms with E-state index >= 15 is 0 Å². The van der Waals surface area contributed by atoms with E-state index in [-0.39, 0.29) is 17.2 Å². The van der Waals surface area contributed by atoms with Crippen LogP contribution in [0.2, 0.25) is 0 Å². The number of aromatic hydroxyl groups is 1. The summed E-state index contributed by atoms with van der Waals surface area (Å²) in [6.07, 6.45) is 2.27. The van der Waals surface area contributed by atoms with Crippen LogP contribution in [0.25, 0.3) is 10.9 Å². The number of phenolic OH excluding ortho intramolecular Hbond substituents is 1. The molecule has 4 aromatic rings. The number of aliphatic imine (C=N–C) groups is 1. The van der Waals surface area contributed by atoms with E-state index in [9.17, 15) is 5.11 Å². The fraction of sp³-hybridized carbons (Fsp3) is 0.241. The average molecular weight is 467 g/mol. The molecule has 4 nitrogen and oxygen atoms in total. The van der Waals surface area contributed by atoms with Crippen molar-refractivity contribution in [3.05, 3.63) is 95.6 Å². The molecule has 2 atom stereocenters. The predicted octanol–water partition coefficient (Wildman–Crippen LogP) is 7.31. The minimum atomic E-state index is 0.148. The predicted molar refractivity (Wildman–Crippen MR) is 139 cm³/mol. The first kappa shape index (κ1) is 21.2. The van der Waals surface area contributed by atoms with E-state index in [4.69, 9.17) is 9.73 Å². The highest BCUT2D eigenvalue weighted by atomic mass is 32.2. The number of hydrogen-bond acceptors (Lipinski definition) is 5. The van der Waals surface area contributed by atoms with Crippen LogP contribution in [0.3, 0.4) is 0 Å². The third-order valence-electron chi connectivity index (χ3n) is 6.94. The highest BCUT2D eigenvalue weighted by Crippen LogP contribution is 2.52. The molecule has 5 heteroatoms. The summed E-state index contributed by atoms with van der Waals surface area (Å²) >= 11 is 1.90. The van der Waals surface area contributed by atoms with E-state index in [1.807, 2.05) is 54.2 Å². The number of hydrogen-bond donors (Lipinski definition) is 1. The van der Waals surface area contributed by atoms with Gasteiger partial charge in [0, 0.05) is 22.3 Å². The van der Waals surface area contributed by atoms with Gasteiger partial charge in [-0.2, -0.15) is 0 Å². The molecular formula is C29H26N2O2S. The largest absolute Gasteiger partial charge is 0.506 e. The Labute approximate surface area is 203 Å². The van der Waals surface area contributed by atoms with Gasteiger partial charge >= 0.3 is 0 Å². The van der Waals surface area contributed by atoms with Crippen LogP contribution in [0.5, 0.6) is 17.4 Å². The summed E-state index contributed by atoms with van der Waals surface area (Å²) in [5.74, 6) is 1.30. The van der Waals surface area contributed by atoms with Crippen molar-refractivity contribution in [2.45, 2.75) is 38.0 Å². The van der Waals surface area contributed by atoms with Crippen LogP contribution in [-0.4, -0.2) is 20.4 Å². The van der Waals surface area contributed by atoms with Gasteiger partial charge < -0.3 is 9.84 Å². The first-order valence-electron chi connectivity index (χ1n) is 11.7. The van der Waals surface area contributed by atoms with Crippen LogP contribution in [0.4, 0.5) is 0 Å². The summed E-state index contributed by atoms with van der Waals surface area (Å²) in [6, 6.07) is 26.1. The van der Waals surface area contributed by atoms with E-state index in [0.29, 0.717) is 22.4 Å². The second-order valence-electron chi connectivity index (χ2n) is 9.73. The lowest BCUT2D eigenvalue weighted by molar-refractivity contribution is 0.311. The lowest BCUT2D eigenvalue weighted by Gasteiger charge is -2.32. The number of nitrogens with zero attached hydrogens (tertiary/aromatic N) is 2. The minimum Gasteiger partial charge on any atom is -0.506 e. The monoisotopic (exact) mass is 466 g/mol. The Hall–Kier alpha value is -3.31. The number of aryl methyl sites for hydroxylation is 1. The fourth-order valence-electron chi connectivity index (χ4n) is 5.00. The van der Waals surface area contributed by atoms with Crippen molar-refractivity contribution in [2.24, 2.45) is 10.4 Å². The number of aromatic nitrogens is 1. The molecule has 1 aromatic heterocycles. The SMILES string of the molecule is CC1(C)CCc2ccccc2[C@@H]2N=C(c3cccc(Oc4ccc5cccc(O)c5n4)c3)S[C@@H]21. The maximum atomic E-state index is 10.1. The highest BCUT2D eigenvalue weighted by molar-refractivity contribution is 8.15. The van der Waals surface area contributed by atoms with Gasteiger partial charge in [0.25, 0.3) is 0 Å². The topological polar surface area (TPSA) is 54.7 Å². The number of rotatable bonds is 3. The fourth-order valence-corrected chi connectivity index (χ4v) is 6.46. The molecule has 0 saturated heterocycles. The van der Waals surface area contributed by atoms with Crippen LogP contribution in [0.1, 0.15) is 43.0 Å². The van der Waals surface area contributed by atoms with E-state index in [2.05, 4.69) is 49.2 Å². The van der Waals surface area contributed by atoms with Gasteiger partial charge in [-0.3, -0.25) is 4.99 Å². The van der Waals surface area contributed by atoms with Gasteiger partial charge in [-0.1, -0.05) is 74.1 Å². The van der Waals surface area contributed by atoms with E-state index in [1.165, 1.54) is 11.1 Å². The van der Waals surface area contributed by atoms with Gasteiger partial charge in [-0.05, 0) is 53.6 Å². The summed E-state index contributed by atoms with van der Waals surface area (Å²) in [7, 11) is 0. The Kier molecular flexibility index (Phi) is 5.10. The van der Waals surface area contributed by atoms with E-state index in [0.717, 1.165) is 28.8 Å². The van der Waals surface area contributed by atoms with Gasteiger partial charge in [0.05, 0.1) is 11.1 Å². The molecule has 6 rings (SSSR count). The summed E-state index contributed by atoms with van der Waals surface area (Å²) in [5, 5.41) is 12.5. The van der Waals surface area contributed by atoms with E-state index in [1.54, 1.807) is 6.07 Å². The molecule has 1 N–H and O–H groups in total. The zero-order valence-electron chi connectivity index (χ0n) is 19.2. The normalized spacial score (nSPS) is 20.8. The summed E-state index contributed by atoms with van der Waals surface area (Å²) in [4.78, 5) is 9.76. The Balaban J connectivity index is 1.32. The first-order chi connectivity index (χ1) is 16.5. The highest BCUT2D eigenvalue weighted by Gasteiger charge is 2.44. The third-order valence-corrected chi connectivity index (χ3v) is 8.66. The Morgan fingerprint density at radius 2 is 1.82 bits per heavy atom. The molecular weight excluding hydrogens is 440 g/mol. The quantitative estimate of drug-likeness (QED) is 0.344. The van der Waals surface area contributed by atoms with Crippen molar-refractivity contribution >= 4 is 27.7 Å². The van der Waals surface area contributed by atoms with Crippen molar-refractivity contribution in [1.82, 2.24) is 4.98 Å². The van der Waals surface area contributed by atoms with Gasteiger partial charge in [0.2, 0.25) is 5.88 Å². The number of pyridine rings is 1. The van der Waals surface area contributed by atoms with Crippen molar-refractivity contribution in [3.63, 3.8) is 0 Å². The Morgan fingerprint density at radius 3 is 2.74 bits per heavy atom. The number of ether oxygens (including phenoxy) is 1. The maximum absolute atomic E-state index is 10.1. The molecule has 0 saturated carbocycles. The van der Waals surface area contributed by atoms with Gasteiger partial charge in [-0.25, -0.2) is 4.98 Å². The molecule has 0 amide bonds. The number of para-hydroxylation sites is 1. The second kappa shape index (κ2) is 8.17. The summed E-state index contributed by atoms with van der Waals surface area (Å²) in [5.41, 5.74) is 4.58. The van der Waals surface area contributed by atoms with E-state index < -0.39 is 0 Å². The molecule has 0 bridgehead atoms. The zero-order chi connectivity index (χ0) is 23.3. The van der Waals surface area contributed by atoms with Gasteiger partial charge in [-0.15, -0.1) is 0 Å². The average Bonchev–Trinajstić information content (AvgIpc) is 3.27. The Morgan fingerprint density at radius 1 is 0.971 bits per heavy atom. The maximum Gasteiger partial charge on any atom is 0.219 e. The number of thioether (sulfide) groups is 1. The molecule has 2 heterocycles. The lowest BCUT2D eigenvalue weighted by Crippen LogP contribution is -2.28. The molecule has 170 valence electrons. The molecule has 1 aliphatic heterocycles. The standard InChI is InChI=1S/C29H26N2O2S/c1-29(2)16-15-18-7-3-4-11-22(18)26-27(29)34-28(31-26)20-9-5-10-21(17-20)33-24-14-13-19-8-6-12-23(32)25(19)30-24/h3-14,17,26-27,32H,15-16H2,1-2H3/t26-,27-/m0/s1. The van der Waals surface area contributed by atoms with Crippen LogP contribution >= 0.6 is 11.8 Å². The second-order valence-corrected chi connectivity index (χ2v) is 10.9. The molecule has 0 unspecified atom stereocenters. The Bertz CT molecular complexity index is 1430. The van der Waals surface area contributed by atoms with Crippen molar-refractivity contribution < 1.29 is 9.84 Å². The van der Waals surface area contributed by atoms with Crippen molar-refractivity contribution in [2.75, 3.05) is 0 Å². The third kappa shape index (κ3) is 3.74. The molecule has 0 fully saturated rings. The van der Waals surface area contributed by atoms with Crippen molar-refractivity contribution in [1.29, 1.82) is 0 Å². The summed E-state index contributed by atoms with van der Waals surface area (Å²) < 4.78 is 6.09. The molecule has 2 aliphatic rings. The summed E-state index contributed by atoms with van der Waals surface area (Å²) in [6.45, 7) is 4.75. The van der Waals surface area contributed by atoms with Gasteiger partial charge in [0.1, 0.15) is 17.0 Å². The van der Waals surface area contributed by atoms with Crippen LogP contribution in [0.15, 0.2) is 83.9 Å². The number of phenols is 1. The van der Waals surface area contributed by atoms with Gasteiger partial charge in [0.15, 0.2) is 0 Å². The molecule has 1 aliphatic carbocycles. The number of benzene rings is 3. The molecule has 3 aromatic carbocycles. The number of fused-ring (bicyclic) bond motifs is 4. The van der Waals surface area contributed by atoms with Crippen LogP contribution in [-0.2, 0) is 6.42 Å². The minimum absolute atomic E-state index is 0.148. The van der Waals surface area contributed by atoms with Crippen LogP contribution in [0, 0.1) is 5.41 Å². The lowest BCUT2D eigenvalue weighted by atomic mass is 9.82. The smallest absolute Gasteiger partial charge is 0.219 e. The van der Waals surface area contributed by atoms with Crippen LogP contribution < -0.4 is 4.74 Å². The molecule has 0 spiro atoms. The zero-order valence-corrected chi connectivity index (χ0v) is 20.0. The molecule has 34 heavy (non-hydrogen) atoms. The molecule has 0 radical (unpaired) electrons. The van der Waals surface area contributed by atoms with Crippen molar-refractivity contribution in [3.8, 4) is 17.4 Å². The first-order valence-corrected chi connectivity index (χ1v) is 12.6.